The zero-order valence-electron chi connectivity index (χ0n) is 9.67. The standard InChI is InChI=1S/C13H13ClN2OS/c14-12-9-11(4-5-13(12)15)18(17)8-6-10-3-1-2-7-16-10/h1-5,7,9H,6,8,15H2. The van der Waals surface area contributed by atoms with Crippen LogP contribution in [0.4, 0.5) is 5.69 Å². The first-order chi connectivity index (χ1) is 8.66. The van der Waals surface area contributed by atoms with Crippen molar-refractivity contribution in [1.29, 1.82) is 0 Å². The van der Waals surface area contributed by atoms with E-state index in [1.165, 1.54) is 0 Å². The highest BCUT2D eigenvalue weighted by Crippen LogP contribution is 2.21. The summed E-state index contributed by atoms with van der Waals surface area (Å²) in [7, 11) is -1.08. The van der Waals surface area contributed by atoms with E-state index in [-0.39, 0.29) is 0 Å². The van der Waals surface area contributed by atoms with Crippen molar-refractivity contribution in [2.45, 2.75) is 11.3 Å². The lowest BCUT2D eigenvalue weighted by atomic mass is 10.3. The minimum atomic E-state index is -1.08. The summed E-state index contributed by atoms with van der Waals surface area (Å²) in [4.78, 5) is 4.89. The van der Waals surface area contributed by atoms with Crippen LogP contribution in [0.3, 0.4) is 0 Å². The Morgan fingerprint density at radius 1 is 1.28 bits per heavy atom. The predicted molar refractivity (Wildman–Crippen MR) is 75.1 cm³/mol. The second-order valence-electron chi connectivity index (χ2n) is 3.80. The Bertz CT molecular complexity index is 560. The van der Waals surface area contributed by atoms with E-state index in [2.05, 4.69) is 4.98 Å². The Morgan fingerprint density at radius 2 is 2.11 bits per heavy atom. The summed E-state index contributed by atoms with van der Waals surface area (Å²) in [5.74, 6) is 0.525. The Morgan fingerprint density at radius 3 is 2.78 bits per heavy atom. The number of aryl methyl sites for hydroxylation is 1. The highest BCUT2D eigenvalue weighted by molar-refractivity contribution is 7.85. The van der Waals surface area contributed by atoms with Crippen molar-refractivity contribution < 1.29 is 4.21 Å². The first kappa shape index (κ1) is 13.1. The fourth-order valence-corrected chi connectivity index (χ4v) is 2.86. The van der Waals surface area contributed by atoms with Crippen molar-refractivity contribution >= 4 is 28.1 Å². The lowest BCUT2D eigenvalue weighted by Gasteiger charge is -2.04. The fourth-order valence-electron chi connectivity index (χ4n) is 1.51. The van der Waals surface area contributed by atoms with E-state index in [1.807, 2.05) is 18.2 Å². The molecule has 1 aromatic heterocycles. The number of aromatic nitrogens is 1. The Kier molecular flexibility index (Phi) is 4.33. The van der Waals surface area contributed by atoms with Crippen LogP contribution in [0.15, 0.2) is 47.5 Å². The average molecular weight is 281 g/mol. The largest absolute Gasteiger partial charge is 0.398 e. The van der Waals surface area contributed by atoms with Gasteiger partial charge in [-0.15, -0.1) is 0 Å². The number of pyridine rings is 1. The van der Waals surface area contributed by atoms with Gasteiger partial charge in [-0.25, -0.2) is 0 Å². The van der Waals surface area contributed by atoms with E-state index in [1.54, 1.807) is 24.4 Å². The number of anilines is 1. The summed E-state index contributed by atoms with van der Waals surface area (Å²) in [6.45, 7) is 0. The SMILES string of the molecule is Nc1ccc(S(=O)CCc2ccccn2)cc1Cl. The molecule has 0 amide bonds. The average Bonchev–Trinajstić information content (AvgIpc) is 2.40. The van der Waals surface area contributed by atoms with Gasteiger partial charge in [0.1, 0.15) is 0 Å². The van der Waals surface area contributed by atoms with Gasteiger partial charge in [-0.1, -0.05) is 17.7 Å². The van der Waals surface area contributed by atoms with Crippen LogP contribution in [0.1, 0.15) is 5.69 Å². The van der Waals surface area contributed by atoms with E-state index in [4.69, 9.17) is 17.3 Å². The van der Waals surface area contributed by atoms with Crippen LogP contribution in [0.25, 0.3) is 0 Å². The molecule has 0 bridgehead atoms. The summed E-state index contributed by atoms with van der Waals surface area (Å²) in [6.07, 6.45) is 2.41. The molecule has 94 valence electrons. The number of nitrogens with two attached hydrogens (primary N) is 1. The third kappa shape index (κ3) is 3.31. The van der Waals surface area contributed by atoms with Crippen molar-refractivity contribution in [1.82, 2.24) is 4.98 Å². The summed E-state index contributed by atoms with van der Waals surface area (Å²) < 4.78 is 12.1. The minimum absolute atomic E-state index is 0.443. The van der Waals surface area contributed by atoms with Gasteiger partial charge >= 0.3 is 0 Å². The summed E-state index contributed by atoms with van der Waals surface area (Å²) in [5, 5.41) is 0.443. The molecular formula is C13H13ClN2OS. The molecule has 2 aromatic rings. The Labute approximate surface area is 113 Å². The topological polar surface area (TPSA) is 56.0 Å². The van der Waals surface area contributed by atoms with E-state index in [0.29, 0.717) is 27.8 Å². The molecule has 18 heavy (non-hydrogen) atoms. The van der Waals surface area contributed by atoms with Gasteiger partial charge in [0.05, 0.1) is 21.5 Å². The van der Waals surface area contributed by atoms with Gasteiger partial charge in [0.15, 0.2) is 0 Å². The van der Waals surface area contributed by atoms with Crippen molar-refractivity contribution in [3.05, 3.63) is 53.3 Å². The first-order valence-electron chi connectivity index (χ1n) is 5.50. The van der Waals surface area contributed by atoms with Gasteiger partial charge in [0.2, 0.25) is 0 Å². The molecule has 2 rings (SSSR count). The normalized spacial score (nSPS) is 12.3. The molecule has 0 spiro atoms. The lowest BCUT2D eigenvalue weighted by Crippen LogP contribution is -2.03. The maximum Gasteiger partial charge on any atom is 0.0647 e. The second-order valence-corrected chi connectivity index (χ2v) is 5.78. The molecule has 0 saturated heterocycles. The zero-order valence-corrected chi connectivity index (χ0v) is 11.2. The number of halogens is 1. The summed E-state index contributed by atoms with van der Waals surface area (Å²) in [6, 6.07) is 10.8. The van der Waals surface area contributed by atoms with Gasteiger partial charge < -0.3 is 5.73 Å². The third-order valence-electron chi connectivity index (χ3n) is 2.50. The van der Waals surface area contributed by atoms with Crippen LogP contribution in [0, 0.1) is 0 Å². The molecule has 2 N–H and O–H groups in total. The zero-order chi connectivity index (χ0) is 13.0. The van der Waals surface area contributed by atoms with E-state index in [0.717, 1.165) is 5.69 Å². The van der Waals surface area contributed by atoms with Gasteiger partial charge in [-0.2, -0.15) is 0 Å². The molecule has 0 aliphatic rings. The predicted octanol–water partition coefficient (Wildman–Crippen LogP) is 2.67. The molecule has 1 unspecified atom stereocenters. The van der Waals surface area contributed by atoms with Crippen molar-refractivity contribution in [2.24, 2.45) is 0 Å². The second kappa shape index (κ2) is 5.98. The smallest absolute Gasteiger partial charge is 0.0647 e. The van der Waals surface area contributed by atoms with E-state index in [9.17, 15) is 4.21 Å². The molecule has 5 heteroatoms. The van der Waals surface area contributed by atoms with E-state index < -0.39 is 10.8 Å². The molecule has 0 saturated carbocycles. The van der Waals surface area contributed by atoms with Crippen LogP contribution in [-0.4, -0.2) is 14.9 Å². The van der Waals surface area contributed by atoms with Gasteiger partial charge in [-0.3, -0.25) is 9.19 Å². The lowest BCUT2D eigenvalue weighted by molar-refractivity contribution is 0.682. The van der Waals surface area contributed by atoms with Crippen LogP contribution in [-0.2, 0) is 17.2 Å². The Balaban J connectivity index is 2.02. The number of hydrogen-bond acceptors (Lipinski definition) is 3. The molecule has 0 radical (unpaired) electrons. The van der Waals surface area contributed by atoms with Crippen LogP contribution in [0.5, 0.6) is 0 Å². The quantitative estimate of drug-likeness (QED) is 0.876. The summed E-state index contributed by atoms with van der Waals surface area (Å²) >= 11 is 5.90. The number of nitrogen functional groups attached to an aromatic ring is 1. The highest BCUT2D eigenvalue weighted by Gasteiger charge is 2.07. The maximum absolute atomic E-state index is 12.1. The third-order valence-corrected chi connectivity index (χ3v) is 4.19. The van der Waals surface area contributed by atoms with Crippen molar-refractivity contribution in [3.8, 4) is 0 Å². The highest BCUT2D eigenvalue weighted by atomic mass is 35.5. The van der Waals surface area contributed by atoms with Crippen LogP contribution < -0.4 is 5.73 Å². The molecule has 1 aromatic carbocycles. The molecule has 1 atom stereocenters. The van der Waals surface area contributed by atoms with Crippen molar-refractivity contribution in [3.63, 3.8) is 0 Å². The number of hydrogen-bond donors (Lipinski definition) is 1. The van der Waals surface area contributed by atoms with E-state index >= 15 is 0 Å². The van der Waals surface area contributed by atoms with Gasteiger partial charge in [0.25, 0.3) is 0 Å². The van der Waals surface area contributed by atoms with Crippen LogP contribution >= 0.6 is 11.6 Å². The number of nitrogens with zero attached hydrogens (tertiary/aromatic N) is 1. The molecular weight excluding hydrogens is 268 g/mol. The molecule has 0 fully saturated rings. The number of benzene rings is 1. The fraction of sp³-hybridized carbons (Fsp3) is 0.154. The first-order valence-corrected chi connectivity index (χ1v) is 7.20. The minimum Gasteiger partial charge on any atom is -0.398 e. The van der Waals surface area contributed by atoms with Gasteiger partial charge in [0, 0.05) is 29.0 Å². The maximum atomic E-state index is 12.1. The summed E-state index contributed by atoms with van der Waals surface area (Å²) in [5.41, 5.74) is 7.05. The van der Waals surface area contributed by atoms with Gasteiger partial charge in [-0.05, 0) is 30.3 Å². The molecule has 1 heterocycles. The van der Waals surface area contributed by atoms with Crippen LogP contribution in [0.2, 0.25) is 5.02 Å². The Hall–Kier alpha value is -1.39. The molecule has 3 nitrogen and oxygen atoms in total. The monoisotopic (exact) mass is 280 g/mol. The molecule has 0 aliphatic heterocycles. The molecule has 0 aliphatic carbocycles. The van der Waals surface area contributed by atoms with Crippen molar-refractivity contribution in [2.75, 3.05) is 11.5 Å². The number of rotatable bonds is 4.